The summed E-state index contributed by atoms with van der Waals surface area (Å²) in [7, 11) is 0. The van der Waals surface area contributed by atoms with Crippen molar-refractivity contribution in [3.05, 3.63) is 34.3 Å². The van der Waals surface area contributed by atoms with Crippen molar-refractivity contribution in [1.82, 2.24) is 0 Å². The Balaban J connectivity index is 2.42. The van der Waals surface area contributed by atoms with Crippen molar-refractivity contribution in [3.63, 3.8) is 0 Å². The molecule has 0 saturated carbocycles. The quantitative estimate of drug-likeness (QED) is 0.699. The highest BCUT2D eigenvalue weighted by atomic mass is 79.9. The molecule has 19 heavy (non-hydrogen) atoms. The van der Waals surface area contributed by atoms with Crippen molar-refractivity contribution in [2.24, 2.45) is 5.92 Å². The lowest BCUT2D eigenvalue weighted by atomic mass is 9.97. The van der Waals surface area contributed by atoms with E-state index in [1.54, 1.807) is 0 Å². The van der Waals surface area contributed by atoms with Crippen molar-refractivity contribution in [1.29, 1.82) is 0 Å². The second-order valence-electron chi connectivity index (χ2n) is 4.62. The smallest absolute Gasteiger partial charge is 0.306 e. The number of hydrogen-bond donors (Lipinski definition) is 1. The van der Waals surface area contributed by atoms with E-state index in [2.05, 4.69) is 22.9 Å². The third-order valence-electron chi connectivity index (χ3n) is 2.97. The summed E-state index contributed by atoms with van der Waals surface area (Å²) in [6.07, 6.45) is 3.24. The molecule has 1 aromatic carbocycles. The van der Waals surface area contributed by atoms with Gasteiger partial charge in [-0.25, -0.2) is 0 Å². The second kappa shape index (κ2) is 9.10. The van der Waals surface area contributed by atoms with Crippen LogP contribution in [0.1, 0.15) is 31.7 Å². The number of carboxylic acid groups (broad SMARTS) is 1. The molecule has 106 valence electrons. The first-order valence-electron chi connectivity index (χ1n) is 6.68. The van der Waals surface area contributed by atoms with Crippen LogP contribution in [0.3, 0.4) is 0 Å². The van der Waals surface area contributed by atoms with Gasteiger partial charge in [-0.3, -0.25) is 4.79 Å². The lowest BCUT2D eigenvalue weighted by Crippen LogP contribution is -2.18. The molecule has 0 aliphatic carbocycles. The van der Waals surface area contributed by atoms with Crippen LogP contribution in [-0.4, -0.2) is 24.3 Å². The maximum absolute atomic E-state index is 11.2. The zero-order chi connectivity index (χ0) is 14.1. The van der Waals surface area contributed by atoms with Crippen molar-refractivity contribution >= 4 is 21.9 Å². The third kappa shape index (κ3) is 6.73. The van der Waals surface area contributed by atoms with Gasteiger partial charge in [0.25, 0.3) is 0 Å². The average molecular weight is 329 g/mol. The highest BCUT2D eigenvalue weighted by Crippen LogP contribution is 2.17. The summed E-state index contributed by atoms with van der Waals surface area (Å²) in [6.45, 7) is 3.35. The summed E-state index contributed by atoms with van der Waals surface area (Å²) in [5.74, 6) is -1.13. The average Bonchev–Trinajstić information content (AvgIpc) is 2.37. The molecule has 1 unspecified atom stereocenters. The lowest BCUT2D eigenvalue weighted by molar-refractivity contribution is -0.142. The van der Waals surface area contributed by atoms with Gasteiger partial charge in [0.15, 0.2) is 0 Å². The highest BCUT2D eigenvalue weighted by Gasteiger charge is 2.17. The van der Waals surface area contributed by atoms with Crippen LogP contribution in [0.15, 0.2) is 28.7 Å². The number of hydrogen-bond acceptors (Lipinski definition) is 2. The molecular weight excluding hydrogens is 308 g/mol. The van der Waals surface area contributed by atoms with Gasteiger partial charge in [0.2, 0.25) is 0 Å². The number of halogens is 1. The monoisotopic (exact) mass is 328 g/mol. The van der Waals surface area contributed by atoms with Crippen LogP contribution in [0.5, 0.6) is 0 Å². The zero-order valence-electron chi connectivity index (χ0n) is 11.3. The Hall–Kier alpha value is -0.870. The van der Waals surface area contributed by atoms with E-state index in [0.29, 0.717) is 19.4 Å². The molecule has 1 rings (SSSR count). The number of benzene rings is 1. The summed E-state index contributed by atoms with van der Waals surface area (Å²) in [6, 6.07) is 7.79. The number of carboxylic acids is 1. The highest BCUT2D eigenvalue weighted by molar-refractivity contribution is 9.10. The van der Waals surface area contributed by atoms with Crippen LogP contribution in [0.4, 0.5) is 0 Å². The van der Waals surface area contributed by atoms with E-state index >= 15 is 0 Å². The van der Waals surface area contributed by atoms with Crippen LogP contribution in [0.25, 0.3) is 0 Å². The topological polar surface area (TPSA) is 46.5 Å². The molecule has 0 spiro atoms. The number of unbranched alkanes of at least 4 members (excludes halogenated alkanes) is 1. The first-order valence-corrected chi connectivity index (χ1v) is 7.47. The Morgan fingerprint density at radius 1 is 1.42 bits per heavy atom. The lowest BCUT2D eigenvalue weighted by Gasteiger charge is -2.13. The van der Waals surface area contributed by atoms with E-state index in [0.717, 1.165) is 29.5 Å². The largest absolute Gasteiger partial charge is 0.481 e. The minimum absolute atomic E-state index is 0.379. The van der Waals surface area contributed by atoms with Gasteiger partial charge < -0.3 is 9.84 Å². The fraction of sp³-hybridized carbons (Fsp3) is 0.533. The molecule has 4 heteroatoms. The number of rotatable bonds is 9. The van der Waals surface area contributed by atoms with Crippen LogP contribution in [0.2, 0.25) is 0 Å². The van der Waals surface area contributed by atoms with Crippen LogP contribution in [-0.2, 0) is 16.0 Å². The van der Waals surface area contributed by atoms with E-state index < -0.39 is 5.97 Å². The van der Waals surface area contributed by atoms with Crippen molar-refractivity contribution < 1.29 is 14.6 Å². The second-order valence-corrected chi connectivity index (χ2v) is 5.54. The molecule has 1 atom stereocenters. The van der Waals surface area contributed by atoms with Gasteiger partial charge in [-0.1, -0.05) is 41.4 Å². The Labute approximate surface area is 123 Å². The van der Waals surface area contributed by atoms with Gasteiger partial charge in [0.05, 0.1) is 5.92 Å². The number of carbonyl (C=O) groups is 1. The van der Waals surface area contributed by atoms with Gasteiger partial charge in [0.1, 0.15) is 0 Å². The molecule has 0 amide bonds. The van der Waals surface area contributed by atoms with E-state index in [-0.39, 0.29) is 5.92 Å². The van der Waals surface area contributed by atoms with E-state index in [1.807, 2.05) is 24.3 Å². The summed E-state index contributed by atoms with van der Waals surface area (Å²) < 4.78 is 6.42. The molecule has 0 saturated heterocycles. The summed E-state index contributed by atoms with van der Waals surface area (Å²) in [5.41, 5.74) is 1.04. The summed E-state index contributed by atoms with van der Waals surface area (Å²) in [4.78, 5) is 11.2. The normalized spacial score (nSPS) is 12.3. The fourth-order valence-corrected chi connectivity index (χ4v) is 2.28. The van der Waals surface area contributed by atoms with Crippen LogP contribution < -0.4 is 0 Å². The van der Waals surface area contributed by atoms with E-state index in [4.69, 9.17) is 4.74 Å². The standard InChI is InChI=1S/C15H21BrO3/c1-2-3-8-19-9-7-13(15(17)18)10-12-5-4-6-14(16)11-12/h4-6,11,13H,2-3,7-10H2,1H3,(H,17,18). The number of aliphatic carboxylic acids is 1. The molecule has 0 aromatic heterocycles. The zero-order valence-corrected chi connectivity index (χ0v) is 12.9. The predicted octanol–water partition coefficient (Wildman–Crippen LogP) is 3.90. The van der Waals surface area contributed by atoms with Gasteiger partial charge in [-0.2, -0.15) is 0 Å². The van der Waals surface area contributed by atoms with Gasteiger partial charge >= 0.3 is 5.97 Å². The SMILES string of the molecule is CCCCOCCC(Cc1cccc(Br)c1)C(=O)O. The molecule has 0 aliphatic rings. The minimum atomic E-state index is -0.751. The first-order chi connectivity index (χ1) is 9.13. The molecular formula is C15H21BrO3. The Bertz CT molecular complexity index is 393. The van der Waals surface area contributed by atoms with Crippen LogP contribution >= 0.6 is 15.9 Å². The molecule has 0 fully saturated rings. The van der Waals surface area contributed by atoms with E-state index in [9.17, 15) is 9.90 Å². The van der Waals surface area contributed by atoms with Gasteiger partial charge in [0, 0.05) is 17.7 Å². The van der Waals surface area contributed by atoms with Crippen LogP contribution in [0, 0.1) is 5.92 Å². The molecule has 3 nitrogen and oxygen atoms in total. The maximum atomic E-state index is 11.2. The Kier molecular flexibility index (Phi) is 7.75. The minimum Gasteiger partial charge on any atom is -0.481 e. The number of ether oxygens (including phenoxy) is 1. The third-order valence-corrected chi connectivity index (χ3v) is 3.47. The van der Waals surface area contributed by atoms with Gasteiger partial charge in [-0.15, -0.1) is 0 Å². The first kappa shape index (κ1) is 16.2. The molecule has 0 radical (unpaired) electrons. The molecule has 1 aromatic rings. The molecule has 0 heterocycles. The van der Waals surface area contributed by atoms with E-state index in [1.165, 1.54) is 0 Å². The van der Waals surface area contributed by atoms with Crippen molar-refractivity contribution in [2.45, 2.75) is 32.6 Å². The summed E-state index contributed by atoms with van der Waals surface area (Å²) >= 11 is 3.40. The molecule has 1 N–H and O–H groups in total. The molecule has 0 aliphatic heterocycles. The van der Waals surface area contributed by atoms with Crippen molar-refractivity contribution in [3.8, 4) is 0 Å². The maximum Gasteiger partial charge on any atom is 0.306 e. The molecule has 0 bridgehead atoms. The van der Waals surface area contributed by atoms with Crippen molar-refractivity contribution in [2.75, 3.05) is 13.2 Å². The predicted molar refractivity (Wildman–Crippen MR) is 79.3 cm³/mol. The Morgan fingerprint density at radius 2 is 2.21 bits per heavy atom. The van der Waals surface area contributed by atoms with Gasteiger partial charge in [-0.05, 0) is 37.0 Å². The fourth-order valence-electron chi connectivity index (χ4n) is 1.84. The Morgan fingerprint density at radius 3 is 2.84 bits per heavy atom. The summed E-state index contributed by atoms with van der Waals surface area (Å²) in [5, 5.41) is 9.24.